The maximum Gasteiger partial charge on any atom is 0.262 e. The highest BCUT2D eigenvalue weighted by Crippen LogP contribution is 2.30. The Labute approximate surface area is 237 Å². The van der Waals surface area contributed by atoms with E-state index < -0.39 is 16.1 Å². The van der Waals surface area contributed by atoms with Crippen molar-refractivity contribution in [2.75, 3.05) is 19.6 Å². The van der Waals surface area contributed by atoms with Gasteiger partial charge in [0, 0.05) is 29.4 Å². The first kappa shape index (κ1) is 28.8. The van der Waals surface area contributed by atoms with Crippen molar-refractivity contribution in [3.05, 3.63) is 63.5 Å². The molecule has 1 aliphatic heterocycles. The van der Waals surface area contributed by atoms with Crippen LogP contribution >= 0.6 is 34.5 Å². The van der Waals surface area contributed by atoms with Gasteiger partial charge in [0.1, 0.15) is 10.9 Å². The zero-order valence-electron chi connectivity index (χ0n) is 21.2. The highest BCUT2D eigenvalue weighted by molar-refractivity contribution is 7.89. The number of nitrogens with zero attached hydrogens (tertiary/aromatic N) is 1. The van der Waals surface area contributed by atoms with Gasteiger partial charge >= 0.3 is 0 Å². The van der Waals surface area contributed by atoms with Crippen molar-refractivity contribution in [2.24, 2.45) is 11.8 Å². The molecule has 0 bridgehead atoms. The molecule has 3 aromatic rings. The van der Waals surface area contributed by atoms with Crippen LogP contribution < -0.4 is 10.6 Å². The Bertz CT molecular complexity index is 1390. The van der Waals surface area contributed by atoms with E-state index in [2.05, 4.69) is 10.6 Å². The number of carbonyl (C=O) groups is 2. The van der Waals surface area contributed by atoms with Gasteiger partial charge in [-0.3, -0.25) is 9.59 Å². The van der Waals surface area contributed by atoms with E-state index in [0.29, 0.717) is 35.8 Å². The molecule has 7 nitrogen and oxygen atoms in total. The molecule has 1 fully saturated rings. The van der Waals surface area contributed by atoms with Crippen LogP contribution in [0.15, 0.2) is 53.4 Å². The number of hydrogen-bond donors (Lipinski definition) is 2. The van der Waals surface area contributed by atoms with Crippen molar-refractivity contribution in [3.8, 4) is 0 Å². The molecular formula is C27H31Cl2N3O4S2. The van der Waals surface area contributed by atoms with Gasteiger partial charge in [-0.15, -0.1) is 11.3 Å². The van der Waals surface area contributed by atoms with Gasteiger partial charge in [-0.1, -0.05) is 55.2 Å². The number of amides is 2. The molecule has 1 saturated heterocycles. The van der Waals surface area contributed by atoms with Crippen molar-refractivity contribution in [1.82, 2.24) is 14.9 Å². The second kappa shape index (κ2) is 12.3. The SMILES string of the molecule is CC(C)C[C@H](NC(=O)c1cc2ccccc2s1)C(=O)NCC1CCCN(S(=O)(=O)c2ccc(Cl)cc2Cl)C1. The summed E-state index contributed by atoms with van der Waals surface area (Å²) >= 11 is 13.5. The highest BCUT2D eigenvalue weighted by atomic mass is 35.5. The lowest BCUT2D eigenvalue weighted by Crippen LogP contribution is -2.50. The summed E-state index contributed by atoms with van der Waals surface area (Å²) < 4.78 is 28.9. The number of nitrogens with one attached hydrogen (secondary N) is 2. The number of sulfonamides is 1. The van der Waals surface area contributed by atoms with Gasteiger partial charge in [0.05, 0.1) is 9.90 Å². The number of rotatable bonds is 9. The first-order chi connectivity index (χ1) is 18.0. The lowest BCUT2D eigenvalue weighted by molar-refractivity contribution is -0.123. The monoisotopic (exact) mass is 595 g/mol. The van der Waals surface area contributed by atoms with Crippen molar-refractivity contribution < 1.29 is 18.0 Å². The average Bonchev–Trinajstić information content (AvgIpc) is 3.31. The summed E-state index contributed by atoms with van der Waals surface area (Å²) in [7, 11) is -3.80. The zero-order chi connectivity index (χ0) is 27.4. The Morgan fingerprint density at radius 2 is 1.89 bits per heavy atom. The summed E-state index contributed by atoms with van der Waals surface area (Å²) in [4.78, 5) is 26.7. The van der Waals surface area contributed by atoms with Gasteiger partial charge in [0.15, 0.2) is 0 Å². The predicted octanol–water partition coefficient (Wildman–Crippen LogP) is 5.57. The van der Waals surface area contributed by atoms with Gasteiger partial charge in [-0.2, -0.15) is 4.31 Å². The van der Waals surface area contributed by atoms with E-state index in [-0.39, 0.29) is 40.1 Å². The van der Waals surface area contributed by atoms with Crippen molar-refractivity contribution in [2.45, 2.75) is 44.0 Å². The molecule has 0 radical (unpaired) electrons. The van der Waals surface area contributed by atoms with E-state index >= 15 is 0 Å². The van der Waals surface area contributed by atoms with Gasteiger partial charge in [0.25, 0.3) is 5.91 Å². The van der Waals surface area contributed by atoms with Crippen molar-refractivity contribution >= 4 is 66.5 Å². The third kappa shape index (κ3) is 6.87. The van der Waals surface area contributed by atoms with Crippen molar-refractivity contribution in [3.63, 3.8) is 0 Å². The quantitative estimate of drug-likeness (QED) is 0.338. The third-order valence-corrected chi connectivity index (χ3v) is 10.2. The van der Waals surface area contributed by atoms with Crippen molar-refractivity contribution in [1.29, 1.82) is 0 Å². The lowest BCUT2D eigenvalue weighted by Gasteiger charge is -2.32. The Kier molecular flexibility index (Phi) is 9.36. The number of thiophene rings is 1. The van der Waals surface area contributed by atoms with E-state index in [1.807, 2.05) is 44.2 Å². The summed E-state index contributed by atoms with van der Waals surface area (Å²) in [5, 5.41) is 7.30. The van der Waals surface area contributed by atoms with Gasteiger partial charge in [0.2, 0.25) is 15.9 Å². The van der Waals surface area contributed by atoms with Crippen LogP contribution in [0.1, 0.15) is 42.8 Å². The molecule has 2 atom stereocenters. The van der Waals surface area contributed by atoms with Crippen LogP contribution in [-0.2, 0) is 14.8 Å². The number of benzene rings is 2. The van der Waals surface area contributed by atoms with Crippen LogP contribution in [0.4, 0.5) is 0 Å². The molecule has 38 heavy (non-hydrogen) atoms. The molecule has 2 heterocycles. The first-order valence-corrected chi connectivity index (χ1v) is 15.6. The Morgan fingerprint density at radius 3 is 2.61 bits per heavy atom. The molecular weight excluding hydrogens is 565 g/mol. The molecule has 2 amide bonds. The maximum atomic E-state index is 13.2. The van der Waals surface area contributed by atoms with Crippen LogP contribution in [0.25, 0.3) is 10.1 Å². The minimum atomic E-state index is -3.80. The fourth-order valence-corrected chi connectivity index (χ4v) is 7.90. The number of carbonyl (C=O) groups excluding carboxylic acids is 2. The number of fused-ring (bicyclic) bond motifs is 1. The van der Waals surface area contributed by atoms with E-state index in [4.69, 9.17) is 23.2 Å². The molecule has 1 aliphatic rings. The van der Waals surface area contributed by atoms with Crippen LogP contribution in [0.3, 0.4) is 0 Å². The molecule has 1 unspecified atom stereocenters. The predicted molar refractivity (Wildman–Crippen MR) is 153 cm³/mol. The number of hydrogen-bond acceptors (Lipinski definition) is 5. The third-order valence-electron chi connectivity index (χ3n) is 6.54. The second-order valence-corrected chi connectivity index (χ2v) is 13.8. The van der Waals surface area contributed by atoms with Gasteiger partial charge in [-0.05, 0) is 66.8 Å². The topological polar surface area (TPSA) is 95.6 Å². The number of halogens is 2. The normalized spacial score (nSPS) is 17.4. The fraction of sp³-hybridized carbons (Fsp3) is 0.407. The molecule has 11 heteroatoms. The van der Waals surface area contributed by atoms with E-state index in [1.54, 1.807) is 0 Å². The summed E-state index contributed by atoms with van der Waals surface area (Å²) in [6.45, 7) is 4.96. The van der Waals surface area contributed by atoms with E-state index in [9.17, 15) is 18.0 Å². The Hall–Kier alpha value is -2.17. The first-order valence-electron chi connectivity index (χ1n) is 12.6. The molecule has 0 spiro atoms. The summed E-state index contributed by atoms with van der Waals surface area (Å²) in [6.07, 6.45) is 1.94. The van der Waals surface area contributed by atoms with Crippen LogP contribution in [0, 0.1) is 11.8 Å². The van der Waals surface area contributed by atoms with Gasteiger partial charge in [-0.25, -0.2) is 8.42 Å². The number of piperidine rings is 1. The van der Waals surface area contributed by atoms with Gasteiger partial charge < -0.3 is 10.6 Å². The second-order valence-electron chi connectivity index (χ2n) is 10.00. The Balaban J connectivity index is 1.39. The smallest absolute Gasteiger partial charge is 0.262 e. The molecule has 0 aliphatic carbocycles. The van der Waals surface area contributed by atoms with Crippen LogP contribution in [-0.4, -0.2) is 50.2 Å². The van der Waals surface area contributed by atoms with E-state index in [0.717, 1.165) is 16.5 Å². The summed E-state index contributed by atoms with van der Waals surface area (Å²) in [5.74, 6) is -0.421. The molecule has 204 valence electrons. The standard InChI is InChI=1S/C27H31Cl2N3O4S2/c1-17(2)12-22(31-27(34)24-13-19-7-3-4-8-23(19)37-24)26(33)30-15-18-6-5-11-32(16-18)38(35,36)25-10-9-20(28)14-21(25)29/h3-4,7-10,13-14,17-18,22H,5-6,11-12,15-16H2,1-2H3,(H,30,33)(H,31,34)/t18?,22-/m0/s1. The van der Waals surface area contributed by atoms with Crippen LogP contribution in [0.5, 0.6) is 0 Å². The maximum absolute atomic E-state index is 13.2. The average molecular weight is 597 g/mol. The lowest BCUT2D eigenvalue weighted by atomic mass is 9.99. The minimum Gasteiger partial charge on any atom is -0.354 e. The molecule has 1 aromatic heterocycles. The Morgan fingerprint density at radius 1 is 1.13 bits per heavy atom. The molecule has 0 saturated carbocycles. The summed E-state index contributed by atoms with van der Waals surface area (Å²) in [5.41, 5.74) is 0. The van der Waals surface area contributed by atoms with Crippen LogP contribution in [0.2, 0.25) is 10.0 Å². The highest BCUT2D eigenvalue weighted by Gasteiger charge is 2.32. The minimum absolute atomic E-state index is 0.0224. The summed E-state index contributed by atoms with van der Waals surface area (Å²) in [6, 6.07) is 13.3. The zero-order valence-corrected chi connectivity index (χ0v) is 24.4. The fourth-order valence-electron chi connectivity index (χ4n) is 4.63. The molecule has 2 N–H and O–H groups in total. The molecule has 4 rings (SSSR count). The molecule has 2 aromatic carbocycles. The van der Waals surface area contributed by atoms with E-state index in [1.165, 1.54) is 33.8 Å². The largest absolute Gasteiger partial charge is 0.354 e.